The highest BCUT2D eigenvalue weighted by molar-refractivity contribution is 4.87. The van der Waals surface area contributed by atoms with Crippen molar-refractivity contribution in [3.8, 4) is 0 Å². The molecule has 1 aliphatic rings. The first-order valence-electron chi connectivity index (χ1n) is 7.56. The van der Waals surface area contributed by atoms with Gasteiger partial charge in [0.25, 0.3) is 0 Å². The first kappa shape index (κ1) is 15.0. The summed E-state index contributed by atoms with van der Waals surface area (Å²) in [5, 5.41) is 0. The van der Waals surface area contributed by atoms with Crippen LogP contribution in [0.1, 0.15) is 79.6 Å². The fourth-order valence-corrected chi connectivity index (χ4v) is 3.46. The molecule has 0 amide bonds. The minimum absolute atomic E-state index is 0.0896. The summed E-state index contributed by atoms with van der Waals surface area (Å²) in [4.78, 5) is 0. The molecule has 17 heavy (non-hydrogen) atoms. The van der Waals surface area contributed by atoms with E-state index in [-0.39, 0.29) is 5.54 Å². The molecule has 0 heterocycles. The predicted molar refractivity (Wildman–Crippen MR) is 77.0 cm³/mol. The van der Waals surface area contributed by atoms with Gasteiger partial charge in [-0.3, -0.25) is 0 Å². The molecule has 0 radical (unpaired) electrons. The number of rotatable bonds is 2. The lowest BCUT2D eigenvalue weighted by atomic mass is 9.67. The number of hydrogen-bond acceptors (Lipinski definition) is 1. The Balaban J connectivity index is 2.68. The van der Waals surface area contributed by atoms with Crippen molar-refractivity contribution in [3.63, 3.8) is 0 Å². The average Bonchev–Trinajstić information content (AvgIpc) is 2.28. The zero-order chi connectivity index (χ0) is 13.1. The largest absolute Gasteiger partial charge is 0.325 e. The van der Waals surface area contributed by atoms with Gasteiger partial charge < -0.3 is 5.73 Å². The normalized spacial score (nSPS) is 38.3. The van der Waals surface area contributed by atoms with Crippen molar-refractivity contribution >= 4 is 0 Å². The Labute approximate surface area is 109 Å². The van der Waals surface area contributed by atoms with Gasteiger partial charge in [0.15, 0.2) is 0 Å². The highest BCUT2D eigenvalue weighted by Crippen LogP contribution is 2.43. The molecule has 1 fully saturated rings. The third-order valence-corrected chi connectivity index (χ3v) is 5.34. The van der Waals surface area contributed by atoms with Crippen LogP contribution < -0.4 is 5.73 Å². The SMILES string of the molecule is CC(C)C(C)C1(C)CCCCC(C)(N)CCC1. The zero-order valence-electron chi connectivity index (χ0n) is 12.7. The van der Waals surface area contributed by atoms with Crippen molar-refractivity contribution in [2.24, 2.45) is 23.0 Å². The van der Waals surface area contributed by atoms with Crippen LogP contribution in [0.4, 0.5) is 0 Å². The number of hydrogen-bond donors (Lipinski definition) is 1. The molecule has 0 aliphatic heterocycles. The summed E-state index contributed by atoms with van der Waals surface area (Å²) in [6, 6.07) is 0. The summed E-state index contributed by atoms with van der Waals surface area (Å²) < 4.78 is 0. The predicted octanol–water partition coefficient (Wildman–Crippen LogP) is 4.75. The molecule has 3 unspecified atom stereocenters. The second kappa shape index (κ2) is 5.73. The maximum Gasteiger partial charge on any atom is 0.0125 e. The standard InChI is InChI=1S/C16H33N/c1-13(2)14(3)15(4)9-6-7-11-16(5,17)12-8-10-15/h13-14H,6-12,17H2,1-5H3. The molecule has 1 saturated carbocycles. The van der Waals surface area contributed by atoms with Gasteiger partial charge in [-0.25, -0.2) is 0 Å². The summed E-state index contributed by atoms with van der Waals surface area (Å²) in [6.07, 6.45) is 9.14. The molecule has 1 aliphatic carbocycles. The maximum atomic E-state index is 6.34. The molecular formula is C16H33N. The molecule has 2 N–H and O–H groups in total. The van der Waals surface area contributed by atoms with Crippen molar-refractivity contribution in [1.82, 2.24) is 0 Å². The zero-order valence-corrected chi connectivity index (χ0v) is 12.7. The van der Waals surface area contributed by atoms with E-state index in [9.17, 15) is 0 Å². The first-order valence-corrected chi connectivity index (χ1v) is 7.56. The van der Waals surface area contributed by atoms with E-state index in [1.807, 2.05) is 0 Å². The Bertz CT molecular complexity index is 232. The van der Waals surface area contributed by atoms with E-state index in [1.165, 1.54) is 44.9 Å². The number of nitrogens with two attached hydrogens (primary N) is 1. The molecule has 1 rings (SSSR count). The molecule has 0 saturated heterocycles. The molecule has 1 nitrogen and oxygen atoms in total. The molecule has 3 atom stereocenters. The van der Waals surface area contributed by atoms with Gasteiger partial charge in [0, 0.05) is 5.54 Å². The summed E-state index contributed by atoms with van der Waals surface area (Å²) in [5.74, 6) is 1.62. The van der Waals surface area contributed by atoms with Gasteiger partial charge in [0.1, 0.15) is 0 Å². The van der Waals surface area contributed by atoms with Crippen LogP contribution in [0.3, 0.4) is 0 Å². The van der Waals surface area contributed by atoms with Gasteiger partial charge in [0.05, 0.1) is 0 Å². The van der Waals surface area contributed by atoms with Crippen LogP contribution in [0, 0.1) is 17.3 Å². The van der Waals surface area contributed by atoms with Crippen molar-refractivity contribution in [2.75, 3.05) is 0 Å². The van der Waals surface area contributed by atoms with E-state index in [0.29, 0.717) is 5.41 Å². The summed E-state index contributed by atoms with van der Waals surface area (Å²) >= 11 is 0. The minimum Gasteiger partial charge on any atom is -0.325 e. The van der Waals surface area contributed by atoms with Gasteiger partial charge >= 0.3 is 0 Å². The van der Waals surface area contributed by atoms with Crippen LogP contribution in [0.15, 0.2) is 0 Å². The first-order chi connectivity index (χ1) is 7.77. The van der Waals surface area contributed by atoms with Gasteiger partial charge in [-0.1, -0.05) is 47.0 Å². The molecule has 0 bridgehead atoms. The van der Waals surface area contributed by atoms with Crippen molar-refractivity contribution in [3.05, 3.63) is 0 Å². The van der Waals surface area contributed by atoms with Crippen molar-refractivity contribution in [2.45, 2.75) is 85.1 Å². The summed E-state index contributed by atoms with van der Waals surface area (Å²) in [5.41, 5.74) is 6.97. The van der Waals surface area contributed by atoms with E-state index in [1.54, 1.807) is 0 Å². The van der Waals surface area contributed by atoms with Crippen LogP contribution in [0.2, 0.25) is 0 Å². The van der Waals surface area contributed by atoms with E-state index < -0.39 is 0 Å². The summed E-state index contributed by atoms with van der Waals surface area (Å²) in [7, 11) is 0. The van der Waals surface area contributed by atoms with Gasteiger partial charge in [-0.15, -0.1) is 0 Å². The Hall–Kier alpha value is -0.0400. The molecule has 102 valence electrons. The van der Waals surface area contributed by atoms with Crippen LogP contribution in [-0.2, 0) is 0 Å². The fourth-order valence-electron chi connectivity index (χ4n) is 3.46. The van der Waals surface area contributed by atoms with E-state index in [0.717, 1.165) is 11.8 Å². The Morgan fingerprint density at radius 3 is 1.88 bits per heavy atom. The second-order valence-electron chi connectivity index (χ2n) is 7.40. The summed E-state index contributed by atoms with van der Waals surface area (Å²) in [6.45, 7) is 11.9. The molecule has 0 aromatic rings. The van der Waals surface area contributed by atoms with Gasteiger partial charge in [0.2, 0.25) is 0 Å². The van der Waals surface area contributed by atoms with Crippen molar-refractivity contribution in [1.29, 1.82) is 0 Å². The lowest BCUT2D eigenvalue weighted by Crippen LogP contribution is -2.35. The quantitative estimate of drug-likeness (QED) is 0.739. The monoisotopic (exact) mass is 239 g/mol. The third kappa shape index (κ3) is 4.28. The van der Waals surface area contributed by atoms with Crippen LogP contribution >= 0.6 is 0 Å². The van der Waals surface area contributed by atoms with Crippen LogP contribution in [-0.4, -0.2) is 5.54 Å². The topological polar surface area (TPSA) is 26.0 Å². The molecule has 0 aromatic heterocycles. The van der Waals surface area contributed by atoms with Gasteiger partial charge in [-0.05, 0) is 49.9 Å². The molecule has 0 aromatic carbocycles. The Morgan fingerprint density at radius 1 is 0.824 bits per heavy atom. The average molecular weight is 239 g/mol. The Morgan fingerprint density at radius 2 is 1.29 bits per heavy atom. The maximum absolute atomic E-state index is 6.34. The smallest absolute Gasteiger partial charge is 0.0125 e. The van der Waals surface area contributed by atoms with E-state index >= 15 is 0 Å². The highest BCUT2D eigenvalue weighted by Gasteiger charge is 2.33. The van der Waals surface area contributed by atoms with Crippen molar-refractivity contribution < 1.29 is 0 Å². The molecule has 0 spiro atoms. The van der Waals surface area contributed by atoms with E-state index in [4.69, 9.17) is 5.73 Å². The third-order valence-electron chi connectivity index (χ3n) is 5.34. The second-order valence-corrected chi connectivity index (χ2v) is 7.40. The lowest BCUT2D eigenvalue weighted by Gasteiger charge is -2.38. The lowest BCUT2D eigenvalue weighted by molar-refractivity contribution is 0.119. The van der Waals surface area contributed by atoms with Gasteiger partial charge in [-0.2, -0.15) is 0 Å². The van der Waals surface area contributed by atoms with E-state index in [2.05, 4.69) is 34.6 Å². The minimum atomic E-state index is 0.0896. The van der Waals surface area contributed by atoms with Crippen LogP contribution in [0.5, 0.6) is 0 Å². The Kier molecular flexibility index (Phi) is 5.07. The fraction of sp³-hybridized carbons (Fsp3) is 1.00. The molecule has 1 heteroatoms. The highest BCUT2D eigenvalue weighted by atomic mass is 14.7. The van der Waals surface area contributed by atoms with Crippen LogP contribution in [0.25, 0.3) is 0 Å². The molecular weight excluding hydrogens is 206 g/mol.